The predicted octanol–water partition coefficient (Wildman–Crippen LogP) is 2.24. The Morgan fingerprint density at radius 1 is 1.40 bits per heavy atom. The molecule has 0 bridgehead atoms. The van der Waals surface area contributed by atoms with E-state index in [-0.39, 0.29) is 18.8 Å². The fourth-order valence-corrected chi connectivity index (χ4v) is 2.15. The molecule has 0 saturated carbocycles. The number of esters is 1. The number of ether oxygens (including phenoxy) is 3. The van der Waals surface area contributed by atoms with Gasteiger partial charge in [-0.25, -0.2) is 0 Å². The number of rotatable bonds is 7. The summed E-state index contributed by atoms with van der Waals surface area (Å²) in [6, 6.07) is 5.53. The molecule has 0 amide bonds. The molecule has 0 saturated heterocycles. The summed E-state index contributed by atoms with van der Waals surface area (Å²) < 4.78 is 15.4. The third-order valence-electron chi connectivity index (χ3n) is 3.32. The van der Waals surface area contributed by atoms with Crippen molar-refractivity contribution in [3.05, 3.63) is 23.8 Å². The lowest BCUT2D eigenvalue weighted by molar-refractivity contribution is -0.143. The number of hydrogen-bond acceptors (Lipinski definition) is 5. The fourth-order valence-electron chi connectivity index (χ4n) is 2.15. The van der Waals surface area contributed by atoms with Crippen molar-refractivity contribution in [2.45, 2.75) is 38.8 Å². The Kier molecular flexibility index (Phi) is 5.24. The van der Waals surface area contributed by atoms with Gasteiger partial charge in [-0.2, -0.15) is 0 Å². The Hall–Kier alpha value is -1.75. The van der Waals surface area contributed by atoms with Gasteiger partial charge in [0, 0.05) is 6.54 Å². The van der Waals surface area contributed by atoms with Gasteiger partial charge in [-0.1, -0.05) is 25.8 Å². The molecule has 1 unspecified atom stereocenters. The average Bonchev–Trinajstić information content (AvgIpc) is 2.94. The van der Waals surface area contributed by atoms with Gasteiger partial charge in [0.15, 0.2) is 11.5 Å². The van der Waals surface area contributed by atoms with Crippen LogP contribution in [0.2, 0.25) is 0 Å². The molecule has 5 heteroatoms. The van der Waals surface area contributed by atoms with E-state index in [4.69, 9.17) is 14.2 Å². The summed E-state index contributed by atoms with van der Waals surface area (Å²) >= 11 is 0. The number of fused-ring (bicyclic) bond motifs is 1. The molecule has 0 aromatic heterocycles. The highest BCUT2D eigenvalue weighted by Gasteiger charge is 2.18. The number of nitrogens with one attached hydrogen (secondary N) is 1. The summed E-state index contributed by atoms with van der Waals surface area (Å²) in [4.78, 5) is 11.7. The second-order valence-corrected chi connectivity index (χ2v) is 4.79. The molecule has 2 rings (SSSR count). The van der Waals surface area contributed by atoms with Gasteiger partial charge in [0.1, 0.15) is 6.04 Å². The molecule has 1 aliphatic heterocycles. The van der Waals surface area contributed by atoms with Crippen LogP contribution >= 0.6 is 0 Å². The van der Waals surface area contributed by atoms with Gasteiger partial charge in [-0.3, -0.25) is 4.79 Å². The molecule has 1 heterocycles. The number of unbranched alkanes of at least 4 members (excludes halogenated alkanes) is 1. The maximum atomic E-state index is 11.7. The third-order valence-corrected chi connectivity index (χ3v) is 3.32. The van der Waals surface area contributed by atoms with Crippen LogP contribution in [-0.2, 0) is 16.1 Å². The smallest absolute Gasteiger partial charge is 0.322 e. The van der Waals surface area contributed by atoms with E-state index in [2.05, 4.69) is 12.2 Å². The molecule has 1 N–H and O–H groups in total. The molecule has 1 aromatic carbocycles. The quantitative estimate of drug-likeness (QED) is 0.776. The van der Waals surface area contributed by atoms with Crippen LogP contribution in [0.5, 0.6) is 11.5 Å². The summed E-state index contributed by atoms with van der Waals surface area (Å²) in [7, 11) is 1.42. The minimum Gasteiger partial charge on any atom is -0.468 e. The van der Waals surface area contributed by atoms with E-state index in [0.29, 0.717) is 6.54 Å². The van der Waals surface area contributed by atoms with Crippen molar-refractivity contribution in [3.8, 4) is 11.5 Å². The van der Waals surface area contributed by atoms with Crippen LogP contribution in [-0.4, -0.2) is 25.9 Å². The van der Waals surface area contributed by atoms with Gasteiger partial charge >= 0.3 is 5.97 Å². The summed E-state index contributed by atoms with van der Waals surface area (Å²) in [5.41, 5.74) is 1.06. The second-order valence-electron chi connectivity index (χ2n) is 4.79. The van der Waals surface area contributed by atoms with Crippen molar-refractivity contribution in [1.29, 1.82) is 0 Å². The number of carbonyl (C=O) groups is 1. The summed E-state index contributed by atoms with van der Waals surface area (Å²) in [5, 5.41) is 3.24. The van der Waals surface area contributed by atoms with Gasteiger partial charge in [0.25, 0.3) is 0 Å². The van der Waals surface area contributed by atoms with Crippen LogP contribution in [0.4, 0.5) is 0 Å². The van der Waals surface area contributed by atoms with E-state index in [1.807, 2.05) is 18.2 Å². The lowest BCUT2D eigenvalue weighted by atomic mass is 10.1. The number of methoxy groups -OCH3 is 1. The summed E-state index contributed by atoms with van der Waals surface area (Å²) in [5.74, 6) is 1.32. The largest absolute Gasteiger partial charge is 0.468 e. The lowest BCUT2D eigenvalue weighted by Crippen LogP contribution is -2.37. The zero-order valence-corrected chi connectivity index (χ0v) is 12.0. The maximum absolute atomic E-state index is 11.7. The van der Waals surface area contributed by atoms with E-state index in [1.165, 1.54) is 7.11 Å². The highest BCUT2D eigenvalue weighted by molar-refractivity contribution is 5.75. The molecule has 20 heavy (non-hydrogen) atoms. The van der Waals surface area contributed by atoms with Gasteiger partial charge in [-0.05, 0) is 24.1 Å². The first-order valence-corrected chi connectivity index (χ1v) is 6.94. The van der Waals surface area contributed by atoms with Gasteiger partial charge in [0.05, 0.1) is 7.11 Å². The topological polar surface area (TPSA) is 56.8 Å². The molecule has 0 aliphatic carbocycles. The monoisotopic (exact) mass is 279 g/mol. The van der Waals surface area contributed by atoms with Crippen LogP contribution in [0.3, 0.4) is 0 Å². The molecule has 0 radical (unpaired) electrons. The molecular formula is C15H21NO4. The van der Waals surface area contributed by atoms with E-state index in [9.17, 15) is 4.79 Å². The van der Waals surface area contributed by atoms with Crippen molar-refractivity contribution in [1.82, 2.24) is 5.32 Å². The standard InChI is InChI=1S/C15H21NO4/c1-3-4-5-12(15(17)18-2)16-9-11-6-7-13-14(8-11)20-10-19-13/h6-8,12,16H,3-5,9-10H2,1-2H3. The molecular weight excluding hydrogens is 258 g/mol. The van der Waals surface area contributed by atoms with E-state index < -0.39 is 0 Å². The molecule has 0 spiro atoms. The van der Waals surface area contributed by atoms with Crippen molar-refractivity contribution in [2.24, 2.45) is 0 Å². The first-order chi connectivity index (χ1) is 9.74. The predicted molar refractivity (Wildman–Crippen MR) is 74.7 cm³/mol. The van der Waals surface area contributed by atoms with Crippen LogP contribution in [0.1, 0.15) is 31.7 Å². The second kappa shape index (κ2) is 7.14. The van der Waals surface area contributed by atoms with Gasteiger partial charge in [-0.15, -0.1) is 0 Å². The first kappa shape index (κ1) is 14.7. The number of hydrogen-bond donors (Lipinski definition) is 1. The van der Waals surface area contributed by atoms with Crippen molar-refractivity contribution >= 4 is 5.97 Å². The molecule has 5 nitrogen and oxygen atoms in total. The van der Waals surface area contributed by atoms with Crippen LogP contribution < -0.4 is 14.8 Å². The molecule has 1 atom stereocenters. The summed E-state index contributed by atoms with van der Waals surface area (Å²) in [6.07, 6.45) is 2.83. The number of benzene rings is 1. The average molecular weight is 279 g/mol. The molecule has 1 aliphatic rings. The third kappa shape index (κ3) is 3.63. The first-order valence-electron chi connectivity index (χ1n) is 6.94. The summed E-state index contributed by atoms with van der Waals surface area (Å²) in [6.45, 7) is 2.97. The molecule has 1 aromatic rings. The van der Waals surface area contributed by atoms with Crippen molar-refractivity contribution < 1.29 is 19.0 Å². The van der Waals surface area contributed by atoms with Gasteiger partial charge in [0.2, 0.25) is 6.79 Å². The van der Waals surface area contributed by atoms with E-state index in [1.54, 1.807) is 0 Å². The Bertz CT molecular complexity index is 461. The molecule has 110 valence electrons. The Balaban J connectivity index is 1.92. The van der Waals surface area contributed by atoms with E-state index in [0.717, 1.165) is 36.3 Å². The van der Waals surface area contributed by atoms with Crippen LogP contribution in [0, 0.1) is 0 Å². The highest BCUT2D eigenvalue weighted by Crippen LogP contribution is 2.32. The zero-order chi connectivity index (χ0) is 14.4. The SMILES string of the molecule is CCCCC(NCc1ccc2c(c1)OCO2)C(=O)OC. The highest BCUT2D eigenvalue weighted by atomic mass is 16.7. The van der Waals surface area contributed by atoms with Crippen LogP contribution in [0.25, 0.3) is 0 Å². The van der Waals surface area contributed by atoms with Crippen LogP contribution in [0.15, 0.2) is 18.2 Å². The maximum Gasteiger partial charge on any atom is 0.322 e. The minimum atomic E-state index is -0.259. The lowest BCUT2D eigenvalue weighted by Gasteiger charge is -2.16. The Morgan fingerprint density at radius 3 is 2.95 bits per heavy atom. The Labute approximate surface area is 119 Å². The van der Waals surface area contributed by atoms with Crippen molar-refractivity contribution in [2.75, 3.05) is 13.9 Å². The van der Waals surface area contributed by atoms with E-state index >= 15 is 0 Å². The minimum absolute atomic E-state index is 0.209. The number of carbonyl (C=O) groups excluding carboxylic acids is 1. The fraction of sp³-hybridized carbons (Fsp3) is 0.533. The van der Waals surface area contributed by atoms with Gasteiger partial charge < -0.3 is 19.5 Å². The zero-order valence-electron chi connectivity index (χ0n) is 12.0. The van der Waals surface area contributed by atoms with Crippen molar-refractivity contribution in [3.63, 3.8) is 0 Å². The molecule has 0 fully saturated rings. The normalized spacial score (nSPS) is 14.1. The Morgan fingerprint density at radius 2 is 2.20 bits per heavy atom.